The van der Waals surface area contributed by atoms with Crippen LogP contribution in [0.25, 0.3) is 0 Å². The van der Waals surface area contributed by atoms with E-state index in [1.165, 1.54) is 30.7 Å². The molecular formula is C12H23N3. The van der Waals surface area contributed by atoms with Crippen molar-refractivity contribution in [3.05, 3.63) is 11.4 Å². The zero-order valence-corrected chi connectivity index (χ0v) is 10.3. The molecule has 1 rings (SSSR count). The van der Waals surface area contributed by atoms with Crippen LogP contribution in [0, 0.1) is 0 Å². The van der Waals surface area contributed by atoms with E-state index in [2.05, 4.69) is 35.8 Å². The summed E-state index contributed by atoms with van der Waals surface area (Å²) < 4.78 is 2.09. The fourth-order valence-electron chi connectivity index (χ4n) is 1.81. The molecule has 0 aliphatic heterocycles. The van der Waals surface area contributed by atoms with Crippen molar-refractivity contribution >= 4 is 0 Å². The highest BCUT2D eigenvalue weighted by molar-refractivity contribution is 5.10. The normalized spacial score (nSPS) is 10.9. The van der Waals surface area contributed by atoms with Gasteiger partial charge in [0.2, 0.25) is 0 Å². The van der Waals surface area contributed by atoms with Crippen LogP contribution in [0.3, 0.4) is 0 Å². The minimum atomic E-state index is 1.01. The minimum Gasteiger partial charge on any atom is -0.249 e. The molecule has 0 saturated carbocycles. The first kappa shape index (κ1) is 12.2. The van der Waals surface area contributed by atoms with Crippen LogP contribution < -0.4 is 0 Å². The highest BCUT2D eigenvalue weighted by Gasteiger charge is 2.10. The van der Waals surface area contributed by atoms with Gasteiger partial charge in [0.1, 0.15) is 0 Å². The fraction of sp³-hybridized carbons (Fsp3) is 0.833. The molecule has 0 spiro atoms. The van der Waals surface area contributed by atoms with Gasteiger partial charge in [-0.2, -0.15) is 0 Å². The zero-order valence-electron chi connectivity index (χ0n) is 10.3. The highest BCUT2D eigenvalue weighted by Crippen LogP contribution is 2.12. The van der Waals surface area contributed by atoms with Crippen molar-refractivity contribution in [1.29, 1.82) is 0 Å². The molecule has 0 N–H and O–H groups in total. The van der Waals surface area contributed by atoms with Gasteiger partial charge in [0.15, 0.2) is 0 Å². The van der Waals surface area contributed by atoms with E-state index in [0.717, 1.165) is 25.8 Å². The van der Waals surface area contributed by atoms with Crippen LogP contribution in [0.1, 0.15) is 57.8 Å². The summed E-state index contributed by atoms with van der Waals surface area (Å²) in [5, 5.41) is 8.55. The average molecular weight is 209 g/mol. The second-order valence-corrected chi connectivity index (χ2v) is 4.06. The molecule has 0 saturated heterocycles. The SMILES string of the molecule is CCCCc1nnn(CCC)c1CCC. The number of hydrogen-bond donors (Lipinski definition) is 0. The Morgan fingerprint density at radius 2 is 1.80 bits per heavy atom. The number of hydrogen-bond acceptors (Lipinski definition) is 2. The predicted octanol–water partition coefficient (Wildman–Crippen LogP) is 2.98. The van der Waals surface area contributed by atoms with Crippen LogP contribution in [0.5, 0.6) is 0 Å². The molecule has 0 aromatic carbocycles. The van der Waals surface area contributed by atoms with Crippen molar-refractivity contribution in [2.24, 2.45) is 0 Å². The molecule has 0 aliphatic carbocycles. The van der Waals surface area contributed by atoms with Crippen LogP contribution >= 0.6 is 0 Å². The molecular weight excluding hydrogens is 186 g/mol. The van der Waals surface area contributed by atoms with E-state index in [-0.39, 0.29) is 0 Å². The minimum absolute atomic E-state index is 1.01. The molecule has 0 atom stereocenters. The summed E-state index contributed by atoms with van der Waals surface area (Å²) in [6.07, 6.45) is 6.97. The largest absolute Gasteiger partial charge is 0.249 e. The summed E-state index contributed by atoms with van der Waals surface area (Å²) in [7, 11) is 0. The Hall–Kier alpha value is -0.860. The summed E-state index contributed by atoms with van der Waals surface area (Å²) in [6, 6.07) is 0. The van der Waals surface area contributed by atoms with Crippen molar-refractivity contribution in [1.82, 2.24) is 15.0 Å². The van der Waals surface area contributed by atoms with Gasteiger partial charge in [-0.3, -0.25) is 0 Å². The summed E-state index contributed by atoms with van der Waals surface area (Å²) >= 11 is 0. The first-order chi connectivity index (χ1) is 7.33. The predicted molar refractivity (Wildman–Crippen MR) is 62.9 cm³/mol. The van der Waals surface area contributed by atoms with Gasteiger partial charge >= 0.3 is 0 Å². The van der Waals surface area contributed by atoms with Gasteiger partial charge in [-0.25, -0.2) is 4.68 Å². The fourth-order valence-corrected chi connectivity index (χ4v) is 1.81. The van der Waals surface area contributed by atoms with Crippen LogP contribution in [0.4, 0.5) is 0 Å². The lowest BCUT2D eigenvalue weighted by Gasteiger charge is -2.05. The van der Waals surface area contributed by atoms with Crippen LogP contribution in [0.15, 0.2) is 0 Å². The summed E-state index contributed by atoms with van der Waals surface area (Å²) in [5.41, 5.74) is 2.60. The van der Waals surface area contributed by atoms with E-state index in [1.807, 2.05) is 0 Å². The Balaban J connectivity index is 2.75. The Kier molecular flexibility index (Phi) is 5.37. The maximum atomic E-state index is 4.30. The highest BCUT2D eigenvalue weighted by atomic mass is 15.4. The molecule has 1 heterocycles. The first-order valence-electron chi connectivity index (χ1n) is 6.24. The van der Waals surface area contributed by atoms with E-state index < -0.39 is 0 Å². The van der Waals surface area contributed by atoms with Gasteiger partial charge in [-0.15, -0.1) is 5.10 Å². The summed E-state index contributed by atoms with van der Waals surface area (Å²) in [4.78, 5) is 0. The van der Waals surface area contributed by atoms with Crippen molar-refractivity contribution in [2.45, 2.75) is 65.8 Å². The molecule has 3 heteroatoms. The lowest BCUT2D eigenvalue weighted by molar-refractivity contribution is 0.552. The number of aromatic nitrogens is 3. The maximum absolute atomic E-state index is 4.30. The van der Waals surface area contributed by atoms with Gasteiger partial charge in [0.25, 0.3) is 0 Å². The Morgan fingerprint density at radius 1 is 1.00 bits per heavy atom. The van der Waals surface area contributed by atoms with E-state index in [4.69, 9.17) is 0 Å². The third-order valence-electron chi connectivity index (χ3n) is 2.61. The van der Waals surface area contributed by atoms with Crippen LogP contribution in [0.2, 0.25) is 0 Å². The maximum Gasteiger partial charge on any atom is 0.0859 e. The summed E-state index contributed by atoms with van der Waals surface area (Å²) in [5.74, 6) is 0. The molecule has 0 bridgehead atoms. The smallest absolute Gasteiger partial charge is 0.0859 e. The van der Waals surface area contributed by atoms with E-state index in [1.54, 1.807) is 0 Å². The van der Waals surface area contributed by atoms with Crippen LogP contribution in [-0.4, -0.2) is 15.0 Å². The molecule has 0 aliphatic rings. The number of rotatable bonds is 7. The average Bonchev–Trinajstić information content (AvgIpc) is 2.60. The Labute approximate surface area is 92.9 Å². The monoisotopic (exact) mass is 209 g/mol. The Bertz CT molecular complexity index is 278. The standard InChI is InChI=1S/C12H23N3/c1-4-7-9-11-12(8-5-2)15(10-6-3)14-13-11/h4-10H2,1-3H3. The molecule has 15 heavy (non-hydrogen) atoms. The Morgan fingerprint density at radius 3 is 2.40 bits per heavy atom. The van der Waals surface area contributed by atoms with Gasteiger partial charge < -0.3 is 0 Å². The van der Waals surface area contributed by atoms with Gasteiger partial charge in [0.05, 0.1) is 11.4 Å². The zero-order chi connectivity index (χ0) is 11.1. The topological polar surface area (TPSA) is 30.7 Å². The third kappa shape index (κ3) is 3.33. The summed E-state index contributed by atoms with van der Waals surface area (Å²) in [6.45, 7) is 7.63. The third-order valence-corrected chi connectivity index (χ3v) is 2.61. The molecule has 3 nitrogen and oxygen atoms in total. The first-order valence-corrected chi connectivity index (χ1v) is 6.24. The molecule has 0 fully saturated rings. The molecule has 86 valence electrons. The molecule has 0 unspecified atom stereocenters. The molecule has 1 aromatic heterocycles. The van der Waals surface area contributed by atoms with Crippen molar-refractivity contribution in [3.63, 3.8) is 0 Å². The number of aryl methyl sites for hydroxylation is 2. The van der Waals surface area contributed by atoms with Crippen molar-refractivity contribution < 1.29 is 0 Å². The molecule has 0 radical (unpaired) electrons. The van der Waals surface area contributed by atoms with Gasteiger partial charge in [0, 0.05) is 6.54 Å². The quantitative estimate of drug-likeness (QED) is 0.691. The lowest BCUT2D eigenvalue weighted by atomic mass is 10.1. The van der Waals surface area contributed by atoms with E-state index in [0.29, 0.717) is 0 Å². The second-order valence-electron chi connectivity index (χ2n) is 4.06. The molecule has 1 aromatic rings. The second kappa shape index (κ2) is 6.59. The van der Waals surface area contributed by atoms with E-state index in [9.17, 15) is 0 Å². The number of nitrogens with zero attached hydrogens (tertiary/aromatic N) is 3. The van der Waals surface area contributed by atoms with E-state index >= 15 is 0 Å². The van der Waals surface area contributed by atoms with Crippen molar-refractivity contribution in [3.8, 4) is 0 Å². The lowest BCUT2D eigenvalue weighted by Crippen LogP contribution is -2.05. The van der Waals surface area contributed by atoms with Crippen molar-refractivity contribution in [2.75, 3.05) is 0 Å². The van der Waals surface area contributed by atoms with Crippen LogP contribution in [-0.2, 0) is 19.4 Å². The van der Waals surface area contributed by atoms with Gasteiger partial charge in [-0.1, -0.05) is 38.8 Å². The number of unbranched alkanes of at least 4 members (excludes halogenated alkanes) is 1. The molecule has 0 amide bonds. The van der Waals surface area contributed by atoms with Gasteiger partial charge in [-0.05, 0) is 25.7 Å².